The van der Waals surface area contributed by atoms with Crippen LogP contribution in [0.15, 0.2) is 49.2 Å². The molecule has 2 N–H and O–H groups in total. The van der Waals surface area contributed by atoms with Crippen LogP contribution in [0.3, 0.4) is 0 Å². The Morgan fingerprint density at radius 1 is 1.50 bits per heavy atom. The van der Waals surface area contributed by atoms with Gasteiger partial charge in [-0.1, -0.05) is 0 Å². The molecule has 100 valence electrons. The van der Waals surface area contributed by atoms with Gasteiger partial charge in [0.2, 0.25) is 0 Å². The Labute approximate surface area is 126 Å². The summed E-state index contributed by atoms with van der Waals surface area (Å²) in [4.78, 5) is 19.1. The van der Waals surface area contributed by atoms with Gasteiger partial charge in [-0.2, -0.15) is 5.26 Å². The highest BCUT2D eigenvalue weighted by molar-refractivity contribution is 9.10. The number of rotatable bonds is 4. The zero-order valence-electron chi connectivity index (χ0n) is 9.91. The lowest BCUT2D eigenvalue weighted by Crippen LogP contribution is -2.12. The Hall–Kier alpha value is -2.11. The van der Waals surface area contributed by atoms with Crippen molar-refractivity contribution in [2.45, 2.75) is 10.2 Å². The quantitative estimate of drug-likeness (QED) is 0.515. The summed E-state index contributed by atoms with van der Waals surface area (Å²) < 4.78 is 6.17. The number of hydrogen-bond donors (Lipinski definition) is 1. The lowest BCUT2D eigenvalue weighted by molar-refractivity contribution is -0.114. The molecule has 0 atom stereocenters. The molecule has 0 aliphatic carbocycles. The number of carbonyl (C=O) groups excluding carboxylic acids is 1. The van der Waals surface area contributed by atoms with Crippen molar-refractivity contribution < 1.29 is 9.21 Å². The van der Waals surface area contributed by atoms with Gasteiger partial charge in [0.25, 0.3) is 5.91 Å². The summed E-state index contributed by atoms with van der Waals surface area (Å²) >= 11 is 4.54. The van der Waals surface area contributed by atoms with Crippen LogP contribution < -0.4 is 5.73 Å². The molecule has 0 saturated heterocycles. The highest BCUT2D eigenvalue weighted by Gasteiger charge is 2.12. The molecule has 2 rings (SSSR count). The van der Waals surface area contributed by atoms with Gasteiger partial charge in [-0.25, -0.2) is 9.97 Å². The van der Waals surface area contributed by atoms with Crippen molar-refractivity contribution in [3.05, 3.63) is 40.3 Å². The minimum atomic E-state index is -0.805. The first kappa shape index (κ1) is 14.3. The maximum absolute atomic E-state index is 11.0. The number of nitriles is 1. The number of nitrogens with two attached hydrogens (primary N) is 1. The van der Waals surface area contributed by atoms with Crippen LogP contribution in [0.5, 0.6) is 0 Å². The van der Waals surface area contributed by atoms with Crippen molar-refractivity contribution in [1.29, 1.82) is 5.26 Å². The van der Waals surface area contributed by atoms with Crippen LogP contribution >= 0.6 is 27.7 Å². The number of furan rings is 1. The van der Waals surface area contributed by atoms with Crippen molar-refractivity contribution in [3.63, 3.8) is 0 Å². The molecule has 0 fully saturated rings. The minimum absolute atomic E-state index is 0.182. The number of primary amides is 1. The van der Waals surface area contributed by atoms with E-state index in [1.54, 1.807) is 30.6 Å². The molecule has 0 saturated carbocycles. The van der Waals surface area contributed by atoms with Gasteiger partial charge in [-0.05, 0) is 39.8 Å². The van der Waals surface area contributed by atoms with Crippen LogP contribution in [0, 0.1) is 11.3 Å². The van der Waals surface area contributed by atoms with Crippen LogP contribution in [-0.4, -0.2) is 15.9 Å². The predicted octanol–water partition coefficient (Wildman–Crippen LogP) is 2.38. The summed E-state index contributed by atoms with van der Waals surface area (Å²) in [6.45, 7) is 0. The molecule has 20 heavy (non-hydrogen) atoms. The normalized spacial score (nSPS) is 11.1. The fourth-order valence-corrected chi connectivity index (χ4v) is 2.47. The molecule has 8 heteroatoms. The van der Waals surface area contributed by atoms with Gasteiger partial charge in [0.1, 0.15) is 17.4 Å². The Morgan fingerprint density at radius 3 is 2.80 bits per heavy atom. The SMILES string of the molecule is N#CC(=Cc1cc(Br)c(Sc2ncccn2)o1)C(N)=O. The van der Waals surface area contributed by atoms with Crippen molar-refractivity contribution in [1.82, 2.24) is 9.97 Å². The molecule has 0 unspecified atom stereocenters. The zero-order chi connectivity index (χ0) is 14.5. The highest BCUT2D eigenvalue weighted by Crippen LogP contribution is 2.34. The summed E-state index contributed by atoms with van der Waals surface area (Å²) in [7, 11) is 0. The standard InChI is InChI=1S/C12H7BrN4O2S/c13-9-5-8(4-7(6-14)10(15)18)19-11(9)20-12-16-2-1-3-17-12/h1-5H,(H2,15,18). The Morgan fingerprint density at radius 2 is 2.20 bits per heavy atom. The van der Waals surface area contributed by atoms with E-state index in [0.29, 0.717) is 20.5 Å². The molecular formula is C12H7BrN4O2S. The third-order valence-corrected chi connectivity index (χ3v) is 3.81. The monoisotopic (exact) mass is 350 g/mol. The number of aromatic nitrogens is 2. The van der Waals surface area contributed by atoms with E-state index in [1.807, 2.05) is 0 Å². The van der Waals surface area contributed by atoms with Crippen molar-refractivity contribution in [2.75, 3.05) is 0 Å². The molecule has 0 aliphatic rings. The van der Waals surface area contributed by atoms with E-state index < -0.39 is 5.91 Å². The topological polar surface area (TPSA) is 106 Å². The summed E-state index contributed by atoms with van der Waals surface area (Å²) in [5.41, 5.74) is 4.87. The predicted molar refractivity (Wildman–Crippen MR) is 75.3 cm³/mol. The number of amides is 1. The average molecular weight is 351 g/mol. The molecule has 0 spiro atoms. The Balaban J connectivity index is 2.27. The summed E-state index contributed by atoms with van der Waals surface area (Å²) in [5.74, 6) is -0.466. The number of carbonyl (C=O) groups is 1. The van der Waals surface area contributed by atoms with Gasteiger partial charge in [-0.3, -0.25) is 4.79 Å². The van der Waals surface area contributed by atoms with E-state index in [9.17, 15) is 4.79 Å². The van der Waals surface area contributed by atoms with Crippen LogP contribution in [0.2, 0.25) is 0 Å². The van der Waals surface area contributed by atoms with E-state index in [0.717, 1.165) is 0 Å². The Kier molecular flexibility index (Phi) is 4.55. The number of hydrogen-bond acceptors (Lipinski definition) is 6. The van der Waals surface area contributed by atoms with E-state index in [4.69, 9.17) is 15.4 Å². The Bertz CT molecular complexity index is 706. The lowest BCUT2D eigenvalue weighted by atomic mass is 10.2. The smallest absolute Gasteiger partial charge is 0.259 e. The molecule has 1 amide bonds. The van der Waals surface area contributed by atoms with E-state index in [2.05, 4.69) is 25.9 Å². The number of halogens is 1. The fraction of sp³-hybridized carbons (Fsp3) is 0. The second kappa shape index (κ2) is 6.36. The molecule has 0 aromatic carbocycles. The molecule has 6 nitrogen and oxygen atoms in total. The molecule has 0 radical (unpaired) electrons. The second-order valence-electron chi connectivity index (χ2n) is 3.45. The molecule has 0 bridgehead atoms. The van der Waals surface area contributed by atoms with E-state index in [1.165, 1.54) is 17.8 Å². The molecule has 0 aliphatic heterocycles. The third-order valence-electron chi connectivity index (χ3n) is 2.07. The van der Waals surface area contributed by atoms with Gasteiger partial charge in [0.05, 0.1) is 4.47 Å². The van der Waals surface area contributed by atoms with Gasteiger partial charge in [0, 0.05) is 18.5 Å². The molecule has 2 aromatic rings. The van der Waals surface area contributed by atoms with E-state index >= 15 is 0 Å². The third kappa shape index (κ3) is 3.46. The van der Waals surface area contributed by atoms with Crippen molar-refractivity contribution in [2.24, 2.45) is 5.73 Å². The lowest BCUT2D eigenvalue weighted by Gasteiger charge is -1.95. The largest absolute Gasteiger partial charge is 0.449 e. The molecule has 2 heterocycles. The molecule has 2 aromatic heterocycles. The number of nitrogens with zero attached hydrogens (tertiary/aromatic N) is 3. The maximum Gasteiger partial charge on any atom is 0.259 e. The van der Waals surface area contributed by atoms with E-state index in [-0.39, 0.29) is 5.57 Å². The highest BCUT2D eigenvalue weighted by atomic mass is 79.9. The fourth-order valence-electron chi connectivity index (χ4n) is 1.23. The van der Waals surface area contributed by atoms with Crippen LogP contribution in [0.25, 0.3) is 6.08 Å². The molecular weight excluding hydrogens is 344 g/mol. The van der Waals surface area contributed by atoms with Crippen molar-refractivity contribution >= 4 is 39.7 Å². The second-order valence-corrected chi connectivity index (χ2v) is 5.25. The van der Waals surface area contributed by atoms with Gasteiger partial charge in [0.15, 0.2) is 10.2 Å². The summed E-state index contributed by atoms with van der Waals surface area (Å²) in [6.07, 6.45) is 4.52. The minimum Gasteiger partial charge on any atom is -0.449 e. The zero-order valence-corrected chi connectivity index (χ0v) is 12.3. The first-order valence-corrected chi connectivity index (χ1v) is 6.87. The summed E-state index contributed by atoms with van der Waals surface area (Å²) in [6, 6.07) is 5.05. The summed E-state index contributed by atoms with van der Waals surface area (Å²) in [5, 5.41) is 9.81. The van der Waals surface area contributed by atoms with Crippen LogP contribution in [-0.2, 0) is 4.79 Å². The van der Waals surface area contributed by atoms with Crippen LogP contribution in [0.4, 0.5) is 0 Å². The first-order chi connectivity index (χ1) is 9.60. The van der Waals surface area contributed by atoms with Crippen LogP contribution in [0.1, 0.15) is 5.76 Å². The van der Waals surface area contributed by atoms with Gasteiger partial charge < -0.3 is 10.2 Å². The average Bonchev–Trinajstić information content (AvgIpc) is 2.77. The van der Waals surface area contributed by atoms with Gasteiger partial charge in [-0.15, -0.1) is 0 Å². The van der Waals surface area contributed by atoms with Gasteiger partial charge >= 0.3 is 0 Å². The maximum atomic E-state index is 11.0. The van der Waals surface area contributed by atoms with Crippen molar-refractivity contribution in [3.8, 4) is 6.07 Å². The first-order valence-electron chi connectivity index (χ1n) is 5.26.